The van der Waals surface area contributed by atoms with E-state index in [1.165, 1.54) is 52.2 Å². The molecule has 0 bridgehead atoms. The Labute approximate surface area is 196 Å². The number of hydrogen-bond acceptors (Lipinski definition) is 0. The van der Waals surface area contributed by atoms with Gasteiger partial charge >= 0.3 is 35.6 Å². The van der Waals surface area contributed by atoms with Crippen molar-refractivity contribution in [3.05, 3.63) is 96.7 Å². The Morgan fingerprint density at radius 1 is 1.03 bits per heavy atom. The first-order valence-corrected chi connectivity index (χ1v) is 14.5. The quantitative estimate of drug-likeness (QED) is 0.208. The molecule has 1 aromatic heterocycles. The SMILES string of the molecule is CCCCC1=[C-]CC=C1.[Cl][Ti][Cl].c1ccc2[cH-]c(-n3ccc4ccccc43)cc2c1. The van der Waals surface area contributed by atoms with Crippen LogP contribution in [0.3, 0.4) is 0 Å². The molecule has 1 nitrogen and oxygen atoms in total. The molecular weight excluding hydrogens is 445 g/mol. The normalized spacial score (nSPS) is 12.2. The van der Waals surface area contributed by atoms with Crippen LogP contribution in [0, 0.1) is 6.08 Å². The molecule has 4 aromatic rings. The molecule has 0 atom stereocenters. The maximum Gasteiger partial charge on any atom is 0.0511 e. The van der Waals surface area contributed by atoms with Crippen LogP contribution in [-0.2, 0) is 17.0 Å². The van der Waals surface area contributed by atoms with Gasteiger partial charge in [-0.1, -0.05) is 50.5 Å². The summed E-state index contributed by atoms with van der Waals surface area (Å²) < 4.78 is 2.25. The summed E-state index contributed by atoms with van der Waals surface area (Å²) in [5.74, 6) is 0. The number of hydrogen-bond donors (Lipinski definition) is 0. The minimum Gasteiger partial charge on any atom is -0.335 e. The number of para-hydroxylation sites is 1. The number of allylic oxidation sites excluding steroid dienone is 4. The van der Waals surface area contributed by atoms with Crippen LogP contribution in [0.4, 0.5) is 0 Å². The van der Waals surface area contributed by atoms with E-state index in [0.717, 1.165) is 6.42 Å². The molecule has 0 aliphatic heterocycles. The Morgan fingerprint density at radius 3 is 2.47 bits per heavy atom. The van der Waals surface area contributed by atoms with E-state index >= 15 is 0 Å². The van der Waals surface area contributed by atoms with Gasteiger partial charge in [-0.25, -0.2) is 11.6 Å². The van der Waals surface area contributed by atoms with Gasteiger partial charge in [0, 0.05) is 6.20 Å². The fourth-order valence-corrected chi connectivity index (χ4v) is 3.57. The third kappa shape index (κ3) is 6.19. The second-order valence-electron chi connectivity index (χ2n) is 7.07. The van der Waals surface area contributed by atoms with Crippen molar-refractivity contribution in [2.24, 2.45) is 0 Å². The fraction of sp³-hybridized carbons (Fsp3) is 0.192. The van der Waals surface area contributed by atoms with E-state index in [0.29, 0.717) is 0 Å². The number of halogens is 2. The molecule has 0 amide bonds. The molecule has 1 heterocycles. The third-order valence-corrected chi connectivity index (χ3v) is 5.05. The number of fused-ring (bicyclic) bond motifs is 2. The summed E-state index contributed by atoms with van der Waals surface area (Å²) in [6.07, 6.45) is 14.7. The first-order valence-electron chi connectivity index (χ1n) is 10.2. The Bertz CT molecular complexity index is 1090. The van der Waals surface area contributed by atoms with Gasteiger partial charge in [0.15, 0.2) is 0 Å². The maximum absolute atomic E-state index is 4.89. The van der Waals surface area contributed by atoms with Gasteiger partial charge in [-0.3, -0.25) is 6.08 Å². The molecule has 0 spiro atoms. The van der Waals surface area contributed by atoms with E-state index < -0.39 is 17.0 Å². The van der Waals surface area contributed by atoms with E-state index in [-0.39, 0.29) is 0 Å². The number of aromatic nitrogens is 1. The van der Waals surface area contributed by atoms with Gasteiger partial charge in [0.25, 0.3) is 0 Å². The van der Waals surface area contributed by atoms with E-state index in [1.54, 1.807) is 0 Å². The second-order valence-corrected chi connectivity index (χ2v) is 9.65. The summed E-state index contributed by atoms with van der Waals surface area (Å²) in [4.78, 5) is 0. The Balaban J connectivity index is 0.000000180. The van der Waals surface area contributed by atoms with Gasteiger partial charge in [-0.05, 0) is 23.2 Å². The predicted molar refractivity (Wildman–Crippen MR) is 128 cm³/mol. The zero-order valence-corrected chi connectivity index (χ0v) is 20.2. The van der Waals surface area contributed by atoms with E-state index in [2.05, 4.69) is 103 Å². The average molecular weight is 470 g/mol. The van der Waals surface area contributed by atoms with Crippen molar-refractivity contribution in [3.8, 4) is 5.69 Å². The van der Waals surface area contributed by atoms with E-state index in [1.807, 2.05) is 0 Å². The van der Waals surface area contributed by atoms with Crippen LogP contribution in [-0.4, -0.2) is 4.57 Å². The molecule has 0 N–H and O–H groups in total. The van der Waals surface area contributed by atoms with Crippen molar-refractivity contribution in [2.75, 3.05) is 0 Å². The average Bonchev–Trinajstić information content (AvgIpc) is 3.52. The molecule has 0 saturated carbocycles. The molecule has 1 aliphatic carbocycles. The minimum absolute atomic E-state index is 0.556. The topological polar surface area (TPSA) is 4.93 Å². The second kappa shape index (κ2) is 12.3. The summed E-state index contributed by atoms with van der Waals surface area (Å²) in [5, 5.41) is 3.87. The van der Waals surface area contributed by atoms with Crippen LogP contribution >= 0.6 is 18.6 Å². The molecule has 0 saturated heterocycles. The van der Waals surface area contributed by atoms with Crippen molar-refractivity contribution in [3.63, 3.8) is 0 Å². The molecule has 5 rings (SSSR count). The van der Waals surface area contributed by atoms with Crippen LogP contribution in [0.25, 0.3) is 27.4 Å². The van der Waals surface area contributed by atoms with Crippen molar-refractivity contribution in [1.82, 2.24) is 4.57 Å². The van der Waals surface area contributed by atoms with Gasteiger partial charge in [-0.2, -0.15) is 6.08 Å². The van der Waals surface area contributed by atoms with Crippen LogP contribution < -0.4 is 0 Å². The molecule has 154 valence electrons. The maximum atomic E-state index is 4.89. The van der Waals surface area contributed by atoms with Crippen LogP contribution in [0.2, 0.25) is 0 Å². The Morgan fingerprint density at radius 2 is 1.77 bits per heavy atom. The van der Waals surface area contributed by atoms with Crippen LogP contribution in [0.1, 0.15) is 32.6 Å². The smallest absolute Gasteiger partial charge is 0.0511 e. The number of rotatable bonds is 4. The van der Waals surface area contributed by atoms with Crippen molar-refractivity contribution in [1.29, 1.82) is 0 Å². The number of unbranched alkanes of at least 4 members (excludes halogenated alkanes) is 1. The fourth-order valence-electron chi connectivity index (χ4n) is 3.57. The summed E-state index contributed by atoms with van der Waals surface area (Å²) in [5.41, 5.74) is 3.90. The number of nitrogens with zero attached hydrogens (tertiary/aromatic N) is 1. The van der Waals surface area contributed by atoms with Crippen molar-refractivity contribution in [2.45, 2.75) is 32.6 Å². The summed E-state index contributed by atoms with van der Waals surface area (Å²) in [6, 6.07) is 23.6. The van der Waals surface area contributed by atoms with Crippen LogP contribution in [0.15, 0.2) is 90.7 Å². The Hall–Kier alpha value is -1.64. The molecule has 0 unspecified atom stereocenters. The predicted octanol–water partition coefficient (Wildman–Crippen LogP) is 8.75. The standard InChI is InChI=1S/C17H12N.C9H13.2ClH.Ti/c1-2-7-15-12-16(11-14(15)6-1)18-10-9-13-5-3-4-8-17(13)18;1-2-3-6-9-7-4-5-8-9;;;/h1-12H;4,7H,2-3,5-6H2,1H3;2*1H;/q2*-1;;;+2/p-2. The summed E-state index contributed by atoms with van der Waals surface area (Å²) in [7, 11) is 9.78. The zero-order valence-electron chi connectivity index (χ0n) is 17.1. The summed E-state index contributed by atoms with van der Waals surface area (Å²) in [6.45, 7) is 2.22. The van der Waals surface area contributed by atoms with Gasteiger partial charge in [-0.15, -0.1) is 47.5 Å². The van der Waals surface area contributed by atoms with Crippen LogP contribution in [0.5, 0.6) is 0 Å². The van der Waals surface area contributed by atoms with Crippen molar-refractivity contribution >= 4 is 40.3 Å². The molecule has 1 aliphatic rings. The third-order valence-electron chi connectivity index (χ3n) is 5.05. The molecular formula is C26H25Cl2NTi-2. The molecule has 3 aromatic carbocycles. The largest absolute Gasteiger partial charge is 0.335 e. The number of benzene rings is 2. The molecule has 30 heavy (non-hydrogen) atoms. The van der Waals surface area contributed by atoms with E-state index in [9.17, 15) is 0 Å². The van der Waals surface area contributed by atoms with Crippen molar-refractivity contribution < 1.29 is 17.0 Å². The van der Waals surface area contributed by atoms with E-state index in [4.69, 9.17) is 18.6 Å². The summed E-state index contributed by atoms with van der Waals surface area (Å²) >= 11 is -0.556. The molecule has 0 fully saturated rings. The van der Waals surface area contributed by atoms with Gasteiger partial charge in [0.2, 0.25) is 0 Å². The van der Waals surface area contributed by atoms with Gasteiger partial charge < -0.3 is 4.57 Å². The monoisotopic (exact) mass is 469 g/mol. The van der Waals surface area contributed by atoms with Gasteiger partial charge in [0.05, 0.1) is 5.52 Å². The first-order chi connectivity index (χ1) is 14.8. The molecule has 0 radical (unpaired) electrons. The minimum atomic E-state index is -0.556. The zero-order chi connectivity index (χ0) is 21.2. The first kappa shape index (κ1) is 23.0. The molecule has 4 heteroatoms. The van der Waals surface area contributed by atoms with Gasteiger partial charge in [0.1, 0.15) is 0 Å². The Kier molecular flexibility index (Phi) is 9.43.